The number of nitrogens with zero attached hydrogens (tertiary/aromatic N) is 1. The Morgan fingerprint density at radius 3 is 2.45 bits per heavy atom. The van der Waals surface area contributed by atoms with E-state index in [9.17, 15) is 4.79 Å². The second-order valence-electron chi connectivity index (χ2n) is 6.95. The summed E-state index contributed by atoms with van der Waals surface area (Å²) in [5, 5.41) is 11.9. The summed E-state index contributed by atoms with van der Waals surface area (Å²) in [6.07, 6.45) is 1.06. The lowest BCUT2D eigenvalue weighted by Crippen LogP contribution is -2.26. The first kappa shape index (κ1) is 22.1. The summed E-state index contributed by atoms with van der Waals surface area (Å²) in [6.45, 7) is 6.30. The summed E-state index contributed by atoms with van der Waals surface area (Å²) >= 11 is 0. The van der Waals surface area contributed by atoms with E-state index in [1.54, 1.807) is 18.2 Å². The van der Waals surface area contributed by atoms with Gasteiger partial charge >= 0.3 is 0 Å². The number of hydrogen-bond acceptors (Lipinski definition) is 5. The molecule has 2 aromatic carbocycles. The van der Waals surface area contributed by atoms with Gasteiger partial charge < -0.3 is 19.5 Å². The zero-order chi connectivity index (χ0) is 21.2. The Hall–Kier alpha value is -3.20. The Morgan fingerprint density at radius 1 is 1.10 bits per heavy atom. The highest BCUT2D eigenvalue weighted by Gasteiger charge is 2.11. The zero-order valence-corrected chi connectivity index (χ0v) is 17.4. The van der Waals surface area contributed by atoms with Gasteiger partial charge in [-0.05, 0) is 57.0 Å². The molecule has 2 aromatic rings. The van der Waals surface area contributed by atoms with Gasteiger partial charge in [0.2, 0.25) is 5.91 Å². The second kappa shape index (κ2) is 11.0. The maximum Gasteiger partial charge on any atom is 0.220 e. The summed E-state index contributed by atoms with van der Waals surface area (Å²) in [4.78, 5) is 12.2. The van der Waals surface area contributed by atoms with Crippen LogP contribution < -0.4 is 19.5 Å². The molecule has 0 saturated carbocycles. The molecule has 1 unspecified atom stereocenters. The van der Waals surface area contributed by atoms with Crippen LogP contribution in [0.3, 0.4) is 0 Å². The first-order valence-electron chi connectivity index (χ1n) is 9.70. The Balaban J connectivity index is 1.76. The average Bonchev–Trinajstić information content (AvgIpc) is 2.71. The molecule has 0 spiro atoms. The molecule has 1 atom stereocenters. The molecule has 6 nitrogen and oxygen atoms in total. The molecule has 0 bridgehead atoms. The SMILES string of the molecule is COc1cc(C#N)ccc1OCCCC(=O)NC(C)c1ccc(OC(C)C)cc1. The molecule has 0 radical (unpaired) electrons. The predicted molar refractivity (Wildman–Crippen MR) is 111 cm³/mol. The maximum atomic E-state index is 12.2. The van der Waals surface area contributed by atoms with E-state index in [1.807, 2.05) is 45.0 Å². The highest BCUT2D eigenvalue weighted by Crippen LogP contribution is 2.28. The third kappa shape index (κ3) is 7.04. The number of nitrogens with one attached hydrogen (secondary N) is 1. The molecule has 1 amide bonds. The lowest BCUT2D eigenvalue weighted by Gasteiger charge is -2.16. The van der Waals surface area contributed by atoms with Crippen LogP contribution in [0.2, 0.25) is 0 Å². The zero-order valence-electron chi connectivity index (χ0n) is 17.4. The number of rotatable bonds is 10. The number of ether oxygens (including phenoxy) is 3. The van der Waals surface area contributed by atoms with Gasteiger partial charge in [-0.25, -0.2) is 0 Å². The minimum Gasteiger partial charge on any atom is -0.493 e. The summed E-state index contributed by atoms with van der Waals surface area (Å²) in [6, 6.07) is 14.7. The van der Waals surface area contributed by atoms with Crippen LogP contribution in [0.4, 0.5) is 0 Å². The Kier molecular flexibility index (Phi) is 8.35. The van der Waals surface area contributed by atoms with Crippen molar-refractivity contribution in [1.29, 1.82) is 5.26 Å². The molecule has 0 fully saturated rings. The molecular formula is C23H28N2O4. The first-order chi connectivity index (χ1) is 13.9. The van der Waals surface area contributed by atoms with Crippen molar-refractivity contribution in [3.63, 3.8) is 0 Å². The Labute approximate surface area is 172 Å². The minimum atomic E-state index is -0.0878. The number of hydrogen-bond donors (Lipinski definition) is 1. The van der Waals surface area contributed by atoms with Crippen LogP contribution in [0, 0.1) is 11.3 Å². The van der Waals surface area contributed by atoms with Crippen LogP contribution in [0.1, 0.15) is 50.8 Å². The number of benzene rings is 2. The van der Waals surface area contributed by atoms with E-state index in [2.05, 4.69) is 11.4 Å². The molecule has 0 aliphatic heterocycles. The molecule has 29 heavy (non-hydrogen) atoms. The number of amides is 1. The molecule has 6 heteroatoms. The van der Waals surface area contributed by atoms with Crippen LogP contribution in [-0.4, -0.2) is 25.7 Å². The van der Waals surface area contributed by atoms with Gasteiger partial charge in [0, 0.05) is 12.5 Å². The fourth-order valence-corrected chi connectivity index (χ4v) is 2.78. The highest BCUT2D eigenvalue weighted by molar-refractivity contribution is 5.76. The van der Waals surface area contributed by atoms with Crippen molar-refractivity contribution in [3.05, 3.63) is 53.6 Å². The van der Waals surface area contributed by atoms with Gasteiger partial charge in [0.1, 0.15) is 5.75 Å². The number of carbonyl (C=O) groups excluding carboxylic acids is 1. The summed E-state index contributed by atoms with van der Waals surface area (Å²) in [7, 11) is 1.53. The van der Waals surface area contributed by atoms with Crippen LogP contribution in [0.15, 0.2) is 42.5 Å². The van der Waals surface area contributed by atoms with Gasteiger partial charge in [-0.2, -0.15) is 5.26 Å². The predicted octanol–water partition coefficient (Wildman–Crippen LogP) is 4.39. The number of carbonyl (C=O) groups is 1. The Bertz CT molecular complexity index is 841. The quantitative estimate of drug-likeness (QED) is 0.603. The smallest absolute Gasteiger partial charge is 0.220 e. The number of nitriles is 1. The van der Waals surface area contributed by atoms with E-state index in [-0.39, 0.29) is 18.1 Å². The van der Waals surface area contributed by atoms with Gasteiger partial charge in [0.15, 0.2) is 11.5 Å². The molecule has 0 heterocycles. The summed E-state index contributed by atoms with van der Waals surface area (Å²) in [5.41, 5.74) is 1.53. The van der Waals surface area contributed by atoms with Crippen LogP contribution in [0.25, 0.3) is 0 Å². The lowest BCUT2D eigenvalue weighted by molar-refractivity contribution is -0.121. The van der Waals surface area contributed by atoms with Gasteiger partial charge in [0.05, 0.1) is 37.5 Å². The van der Waals surface area contributed by atoms with Crippen molar-refractivity contribution in [2.45, 2.75) is 45.8 Å². The summed E-state index contributed by atoms with van der Waals surface area (Å²) < 4.78 is 16.6. The van der Waals surface area contributed by atoms with E-state index >= 15 is 0 Å². The molecule has 0 aliphatic rings. The van der Waals surface area contributed by atoms with E-state index in [0.29, 0.717) is 36.5 Å². The average molecular weight is 396 g/mol. The van der Waals surface area contributed by atoms with Gasteiger partial charge in [-0.1, -0.05) is 12.1 Å². The Morgan fingerprint density at radius 2 is 1.83 bits per heavy atom. The molecule has 0 aliphatic carbocycles. The van der Waals surface area contributed by atoms with Gasteiger partial charge in [0.25, 0.3) is 0 Å². The van der Waals surface area contributed by atoms with Gasteiger partial charge in [-0.3, -0.25) is 4.79 Å². The molecule has 0 saturated heterocycles. The van der Waals surface area contributed by atoms with E-state index in [4.69, 9.17) is 19.5 Å². The lowest BCUT2D eigenvalue weighted by atomic mass is 10.1. The van der Waals surface area contributed by atoms with Crippen LogP contribution in [-0.2, 0) is 4.79 Å². The maximum absolute atomic E-state index is 12.2. The third-order valence-electron chi connectivity index (χ3n) is 4.23. The fraction of sp³-hybridized carbons (Fsp3) is 0.391. The minimum absolute atomic E-state index is 0.0320. The molecular weight excluding hydrogens is 368 g/mol. The van der Waals surface area contributed by atoms with Crippen molar-refractivity contribution < 1.29 is 19.0 Å². The highest BCUT2D eigenvalue weighted by atomic mass is 16.5. The number of methoxy groups -OCH3 is 1. The molecule has 154 valence electrons. The van der Waals surface area contributed by atoms with Crippen molar-refractivity contribution in [2.75, 3.05) is 13.7 Å². The standard InChI is InChI=1S/C23H28N2O4/c1-16(2)29-20-10-8-19(9-11-20)17(3)25-23(26)6-5-13-28-21-12-7-18(15-24)14-22(21)27-4/h7-12,14,16-17H,5-6,13H2,1-4H3,(H,25,26). The monoisotopic (exact) mass is 396 g/mol. The van der Waals surface area contributed by atoms with Crippen molar-refractivity contribution >= 4 is 5.91 Å². The van der Waals surface area contributed by atoms with E-state index < -0.39 is 0 Å². The molecule has 1 N–H and O–H groups in total. The van der Waals surface area contributed by atoms with Crippen molar-refractivity contribution in [1.82, 2.24) is 5.32 Å². The fourth-order valence-electron chi connectivity index (χ4n) is 2.78. The van der Waals surface area contributed by atoms with E-state index in [1.165, 1.54) is 7.11 Å². The van der Waals surface area contributed by atoms with E-state index in [0.717, 1.165) is 11.3 Å². The topological polar surface area (TPSA) is 80.6 Å². The first-order valence-corrected chi connectivity index (χ1v) is 9.70. The summed E-state index contributed by atoms with van der Waals surface area (Å²) in [5.74, 6) is 1.85. The normalized spacial score (nSPS) is 11.4. The van der Waals surface area contributed by atoms with Crippen molar-refractivity contribution in [2.24, 2.45) is 0 Å². The van der Waals surface area contributed by atoms with Crippen LogP contribution in [0.5, 0.6) is 17.2 Å². The molecule has 0 aromatic heterocycles. The molecule has 2 rings (SSSR count). The largest absolute Gasteiger partial charge is 0.493 e. The second-order valence-corrected chi connectivity index (χ2v) is 6.95. The van der Waals surface area contributed by atoms with Crippen molar-refractivity contribution in [3.8, 4) is 23.3 Å². The third-order valence-corrected chi connectivity index (χ3v) is 4.23. The van der Waals surface area contributed by atoms with Crippen LogP contribution >= 0.6 is 0 Å². The van der Waals surface area contributed by atoms with Gasteiger partial charge in [-0.15, -0.1) is 0 Å².